The lowest BCUT2D eigenvalue weighted by Crippen LogP contribution is -2.36. The Labute approximate surface area is 131 Å². The van der Waals surface area contributed by atoms with Crippen molar-refractivity contribution >= 4 is 5.91 Å². The maximum atomic E-state index is 12.2. The van der Waals surface area contributed by atoms with Gasteiger partial charge in [0.05, 0.1) is 18.4 Å². The molecule has 1 aromatic rings. The molecule has 1 spiro atoms. The first kappa shape index (κ1) is 15.5. The van der Waals surface area contributed by atoms with Gasteiger partial charge in [0, 0.05) is 32.1 Å². The minimum absolute atomic E-state index is 0.0565. The highest BCUT2D eigenvalue weighted by molar-refractivity contribution is 5.95. The Balaban J connectivity index is 1.52. The van der Waals surface area contributed by atoms with Crippen LogP contribution in [0.1, 0.15) is 54.6 Å². The van der Waals surface area contributed by atoms with E-state index in [4.69, 9.17) is 9.47 Å². The largest absolute Gasteiger partial charge is 0.349 e. The molecule has 0 bridgehead atoms. The van der Waals surface area contributed by atoms with Crippen molar-refractivity contribution in [2.75, 3.05) is 13.2 Å². The Morgan fingerprint density at radius 3 is 2.77 bits per heavy atom. The van der Waals surface area contributed by atoms with E-state index in [-0.39, 0.29) is 12.0 Å². The molecule has 0 aromatic carbocycles. The van der Waals surface area contributed by atoms with Gasteiger partial charge in [0.1, 0.15) is 6.10 Å². The molecule has 0 radical (unpaired) electrons. The highest BCUT2D eigenvalue weighted by atomic mass is 16.7. The molecule has 1 unspecified atom stereocenters. The third-order valence-corrected chi connectivity index (χ3v) is 4.75. The van der Waals surface area contributed by atoms with Crippen LogP contribution in [0.5, 0.6) is 0 Å². The summed E-state index contributed by atoms with van der Waals surface area (Å²) in [5, 5.41) is 7.03. The van der Waals surface area contributed by atoms with E-state index in [1.807, 2.05) is 14.0 Å². The number of nitrogens with zero attached hydrogens (tertiary/aromatic N) is 2. The number of aryl methyl sites for hydroxylation is 1. The zero-order valence-corrected chi connectivity index (χ0v) is 13.4. The Bertz CT molecular complexity index is 533. The van der Waals surface area contributed by atoms with Gasteiger partial charge < -0.3 is 14.8 Å². The predicted molar refractivity (Wildman–Crippen MR) is 81.5 cm³/mol. The molecule has 1 atom stereocenters. The van der Waals surface area contributed by atoms with Gasteiger partial charge in [0.15, 0.2) is 5.79 Å². The van der Waals surface area contributed by atoms with Crippen molar-refractivity contribution in [3.63, 3.8) is 0 Å². The minimum Gasteiger partial charge on any atom is -0.349 e. The van der Waals surface area contributed by atoms with Crippen LogP contribution in [0.2, 0.25) is 0 Å². The summed E-state index contributed by atoms with van der Waals surface area (Å²) < 4.78 is 13.8. The SMILES string of the molecule is Cc1c(C(=O)NCC2COC3(CCCCCC3)O2)cnn1C. The third kappa shape index (κ3) is 3.17. The van der Waals surface area contributed by atoms with Gasteiger partial charge in [0.25, 0.3) is 5.91 Å². The minimum atomic E-state index is -0.393. The second-order valence-electron chi connectivity index (χ2n) is 6.35. The van der Waals surface area contributed by atoms with Crippen molar-refractivity contribution in [1.29, 1.82) is 0 Å². The Kier molecular flexibility index (Phi) is 4.49. The second-order valence-corrected chi connectivity index (χ2v) is 6.35. The molecule has 1 aliphatic carbocycles. The molecule has 6 nitrogen and oxygen atoms in total. The van der Waals surface area contributed by atoms with E-state index in [9.17, 15) is 4.79 Å². The zero-order valence-electron chi connectivity index (χ0n) is 13.4. The summed E-state index contributed by atoms with van der Waals surface area (Å²) in [7, 11) is 1.83. The van der Waals surface area contributed by atoms with E-state index in [0.29, 0.717) is 18.7 Å². The van der Waals surface area contributed by atoms with Crippen LogP contribution in [-0.2, 0) is 16.5 Å². The number of ether oxygens (including phenoxy) is 2. The quantitative estimate of drug-likeness (QED) is 0.926. The molecule has 1 saturated heterocycles. The van der Waals surface area contributed by atoms with E-state index in [1.54, 1.807) is 10.9 Å². The lowest BCUT2D eigenvalue weighted by molar-refractivity contribution is -0.175. The van der Waals surface area contributed by atoms with Crippen molar-refractivity contribution in [2.45, 2.75) is 57.3 Å². The average Bonchev–Trinajstić information content (AvgIpc) is 2.96. The molecule has 1 N–H and O–H groups in total. The molecule has 1 aromatic heterocycles. The van der Waals surface area contributed by atoms with Gasteiger partial charge in [0.2, 0.25) is 0 Å². The number of carbonyl (C=O) groups is 1. The first-order chi connectivity index (χ1) is 10.6. The summed E-state index contributed by atoms with van der Waals surface area (Å²) in [6.45, 7) is 2.93. The monoisotopic (exact) mass is 307 g/mol. The number of carbonyl (C=O) groups excluding carboxylic acids is 1. The number of hydrogen-bond acceptors (Lipinski definition) is 4. The van der Waals surface area contributed by atoms with Gasteiger partial charge in [-0.15, -0.1) is 0 Å². The summed E-state index contributed by atoms with van der Waals surface area (Å²) in [5.74, 6) is -0.494. The number of aromatic nitrogens is 2. The molecule has 22 heavy (non-hydrogen) atoms. The van der Waals surface area contributed by atoms with Gasteiger partial charge >= 0.3 is 0 Å². The van der Waals surface area contributed by atoms with Gasteiger partial charge in [-0.05, 0) is 19.8 Å². The van der Waals surface area contributed by atoms with Crippen LogP contribution < -0.4 is 5.32 Å². The lowest BCUT2D eigenvalue weighted by Gasteiger charge is -2.26. The Morgan fingerprint density at radius 2 is 2.14 bits per heavy atom. The first-order valence-corrected chi connectivity index (χ1v) is 8.18. The number of nitrogens with one attached hydrogen (secondary N) is 1. The molecule has 2 aliphatic rings. The molecule has 1 saturated carbocycles. The fourth-order valence-corrected chi connectivity index (χ4v) is 3.27. The van der Waals surface area contributed by atoms with Crippen LogP contribution in [0.25, 0.3) is 0 Å². The van der Waals surface area contributed by atoms with Gasteiger partial charge in [-0.2, -0.15) is 5.10 Å². The van der Waals surface area contributed by atoms with Gasteiger partial charge in [-0.3, -0.25) is 9.48 Å². The normalized spacial score (nSPS) is 24.4. The van der Waals surface area contributed by atoms with Gasteiger partial charge in [-0.25, -0.2) is 0 Å². The van der Waals surface area contributed by atoms with E-state index in [2.05, 4.69) is 10.4 Å². The van der Waals surface area contributed by atoms with Crippen LogP contribution in [0, 0.1) is 6.92 Å². The van der Waals surface area contributed by atoms with E-state index < -0.39 is 5.79 Å². The van der Waals surface area contributed by atoms with Crippen LogP contribution in [-0.4, -0.2) is 40.7 Å². The smallest absolute Gasteiger partial charge is 0.254 e. The van der Waals surface area contributed by atoms with E-state index >= 15 is 0 Å². The molecule has 1 amide bonds. The molecule has 122 valence electrons. The van der Waals surface area contributed by atoms with E-state index in [1.165, 1.54) is 12.8 Å². The van der Waals surface area contributed by atoms with Crippen LogP contribution in [0.15, 0.2) is 6.20 Å². The molecule has 3 rings (SSSR count). The van der Waals surface area contributed by atoms with Crippen molar-refractivity contribution < 1.29 is 14.3 Å². The van der Waals surface area contributed by atoms with Crippen molar-refractivity contribution in [2.24, 2.45) is 7.05 Å². The summed E-state index contributed by atoms with van der Waals surface area (Å²) in [5.41, 5.74) is 1.48. The van der Waals surface area contributed by atoms with E-state index in [0.717, 1.165) is 31.4 Å². The van der Waals surface area contributed by atoms with Crippen molar-refractivity contribution in [3.8, 4) is 0 Å². The van der Waals surface area contributed by atoms with Crippen LogP contribution >= 0.6 is 0 Å². The average molecular weight is 307 g/mol. The van der Waals surface area contributed by atoms with Crippen LogP contribution in [0.3, 0.4) is 0 Å². The number of rotatable bonds is 3. The summed E-state index contributed by atoms with van der Waals surface area (Å²) >= 11 is 0. The molecule has 6 heteroatoms. The summed E-state index contributed by atoms with van der Waals surface area (Å²) in [4.78, 5) is 12.2. The zero-order chi connectivity index (χ0) is 15.6. The molecule has 2 heterocycles. The fraction of sp³-hybridized carbons (Fsp3) is 0.750. The Morgan fingerprint density at radius 1 is 1.41 bits per heavy atom. The van der Waals surface area contributed by atoms with Gasteiger partial charge in [-0.1, -0.05) is 12.8 Å². The Hall–Kier alpha value is -1.40. The highest BCUT2D eigenvalue weighted by Crippen LogP contribution is 2.36. The van der Waals surface area contributed by atoms with Crippen LogP contribution in [0.4, 0.5) is 0 Å². The third-order valence-electron chi connectivity index (χ3n) is 4.75. The predicted octanol–water partition coefficient (Wildman–Crippen LogP) is 1.92. The number of hydrogen-bond donors (Lipinski definition) is 1. The first-order valence-electron chi connectivity index (χ1n) is 8.18. The maximum absolute atomic E-state index is 12.2. The second kappa shape index (κ2) is 6.38. The number of amides is 1. The molecule has 1 aliphatic heterocycles. The molecular formula is C16H25N3O3. The van der Waals surface area contributed by atoms with Crippen molar-refractivity contribution in [1.82, 2.24) is 15.1 Å². The highest BCUT2D eigenvalue weighted by Gasteiger charge is 2.41. The molecular weight excluding hydrogens is 282 g/mol. The lowest BCUT2D eigenvalue weighted by atomic mass is 10.1. The molecule has 2 fully saturated rings. The topological polar surface area (TPSA) is 65.4 Å². The summed E-state index contributed by atoms with van der Waals surface area (Å²) in [6, 6.07) is 0. The van der Waals surface area contributed by atoms with Crippen molar-refractivity contribution in [3.05, 3.63) is 17.5 Å². The fourth-order valence-electron chi connectivity index (χ4n) is 3.27. The summed E-state index contributed by atoms with van der Waals surface area (Å²) in [6.07, 6.45) is 8.33. The maximum Gasteiger partial charge on any atom is 0.254 e. The standard InChI is InChI=1S/C16H25N3O3/c1-12-14(10-18-19(12)2)15(20)17-9-13-11-21-16(22-13)7-5-3-4-6-8-16/h10,13H,3-9,11H2,1-2H3,(H,17,20).